The Morgan fingerprint density at radius 1 is 1.37 bits per heavy atom. The van der Waals surface area contributed by atoms with Crippen molar-refractivity contribution in [1.82, 2.24) is 9.97 Å². The molecule has 8 heteroatoms. The van der Waals surface area contributed by atoms with Gasteiger partial charge in [0.05, 0.1) is 16.0 Å². The van der Waals surface area contributed by atoms with E-state index in [9.17, 15) is 20.5 Å². The third-order valence-corrected chi connectivity index (χ3v) is 4.06. The number of ether oxygens (including phenoxy) is 1. The standard InChI is InChI=1S/C19H16N4O4/c1-11-9-13(7-8-17(11)23(25)26)27-12(2)18(24)14(10-20)19-21-15-5-3-4-6-16(15)22-19/h3-9,12,24H,1-2H3,(H,21,22)/b18-14-/t12-/m0/s1. The van der Waals surface area contributed by atoms with Crippen LogP contribution in [0.2, 0.25) is 0 Å². The van der Waals surface area contributed by atoms with E-state index in [0.29, 0.717) is 16.8 Å². The first-order valence-corrected chi connectivity index (χ1v) is 8.10. The highest BCUT2D eigenvalue weighted by Crippen LogP contribution is 2.26. The number of aliphatic hydroxyl groups excluding tert-OH is 1. The number of aromatic amines is 1. The van der Waals surface area contributed by atoms with Gasteiger partial charge < -0.3 is 14.8 Å². The second-order valence-electron chi connectivity index (χ2n) is 5.94. The van der Waals surface area contributed by atoms with Crippen molar-refractivity contribution in [3.05, 3.63) is 69.7 Å². The Morgan fingerprint density at radius 3 is 2.74 bits per heavy atom. The van der Waals surface area contributed by atoms with Gasteiger partial charge in [-0.15, -0.1) is 0 Å². The number of nitriles is 1. The highest BCUT2D eigenvalue weighted by Gasteiger charge is 2.20. The van der Waals surface area contributed by atoms with Gasteiger partial charge in [-0.2, -0.15) is 5.26 Å². The number of nitro benzene ring substituents is 1. The number of hydrogen-bond donors (Lipinski definition) is 2. The van der Waals surface area contributed by atoms with E-state index in [-0.39, 0.29) is 22.8 Å². The SMILES string of the molecule is Cc1cc(O[C@@H](C)/C(O)=C(\C#N)c2nc3ccccc3[nH]2)ccc1[N+](=O)[O-]. The molecular weight excluding hydrogens is 348 g/mol. The molecule has 0 radical (unpaired) electrons. The van der Waals surface area contributed by atoms with Crippen molar-refractivity contribution >= 4 is 22.3 Å². The summed E-state index contributed by atoms with van der Waals surface area (Å²) < 4.78 is 5.65. The topological polar surface area (TPSA) is 125 Å². The fourth-order valence-corrected chi connectivity index (χ4v) is 2.67. The molecule has 0 bridgehead atoms. The van der Waals surface area contributed by atoms with Crippen molar-refractivity contribution in [2.24, 2.45) is 0 Å². The van der Waals surface area contributed by atoms with E-state index >= 15 is 0 Å². The quantitative estimate of drug-likeness (QED) is 0.305. The van der Waals surface area contributed by atoms with Crippen LogP contribution >= 0.6 is 0 Å². The van der Waals surface area contributed by atoms with Crippen molar-refractivity contribution < 1.29 is 14.8 Å². The summed E-state index contributed by atoms with van der Waals surface area (Å²) >= 11 is 0. The van der Waals surface area contributed by atoms with E-state index in [2.05, 4.69) is 9.97 Å². The molecule has 8 nitrogen and oxygen atoms in total. The molecule has 0 saturated carbocycles. The summed E-state index contributed by atoms with van der Waals surface area (Å²) in [6, 6.07) is 13.5. The molecular formula is C19H16N4O4. The molecule has 0 unspecified atom stereocenters. The first-order valence-electron chi connectivity index (χ1n) is 8.10. The molecule has 3 rings (SSSR count). The fourth-order valence-electron chi connectivity index (χ4n) is 2.67. The van der Waals surface area contributed by atoms with Gasteiger partial charge in [0.15, 0.2) is 17.7 Å². The number of allylic oxidation sites excluding steroid dienone is 1. The Balaban J connectivity index is 1.90. The largest absolute Gasteiger partial charge is 0.507 e. The van der Waals surface area contributed by atoms with Crippen LogP contribution < -0.4 is 4.74 Å². The minimum atomic E-state index is -0.853. The van der Waals surface area contributed by atoms with E-state index in [0.717, 1.165) is 5.52 Å². The lowest BCUT2D eigenvalue weighted by molar-refractivity contribution is -0.385. The smallest absolute Gasteiger partial charge is 0.272 e. The average molecular weight is 364 g/mol. The lowest BCUT2D eigenvalue weighted by Crippen LogP contribution is -2.16. The van der Waals surface area contributed by atoms with Crippen molar-refractivity contribution in [3.63, 3.8) is 0 Å². The van der Waals surface area contributed by atoms with E-state index in [1.54, 1.807) is 19.9 Å². The average Bonchev–Trinajstić information content (AvgIpc) is 3.05. The van der Waals surface area contributed by atoms with Crippen molar-refractivity contribution in [2.75, 3.05) is 0 Å². The van der Waals surface area contributed by atoms with Gasteiger partial charge in [-0.25, -0.2) is 4.98 Å². The van der Waals surface area contributed by atoms with Gasteiger partial charge in [0.2, 0.25) is 0 Å². The molecule has 0 fully saturated rings. The van der Waals surface area contributed by atoms with Crippen LogP contribution in [0.25, 0.3) is 16.6 Å². The number of hydrogen-bond acceptors (Lipinski definition) is 6. The fraction of sp³-hybridized carbons (Fsp3) is 0.158. The second kappa shape index (κ2) is 7.17. The summed E-state index contributed by atoms with van der Waals surface area (Å²) in [4.78, 5) is 17.7. The summed E-state index contributed by atoms with van der Waals surface area (Å²) in [6.45, 7) is 3.17. The molecule has 1 aromatic heterocycles. The summed E-state index contributed by atoms with van der Waals surface area (Å²) in [5.74, 6) is 0.304. The van der Waals surface area contributed by atoms with Crippen LogP contribution in [0.15, 0.2) is 48.2 Å². The van der Waals surface area contributed by atoms with Gasteiger partial charge in [-0.3, -0.25) is 10.1 Å². The third-order valence-electron chi connectivity index (χ3n) is 4.06. The Bertz CT molecular complexity index is 1060. The number of rotatable bonds is 5. The number of para-hydroxylation sites is 2. The number of aromatic nitrogens is 2. The summed E-state index contributed by atoms with van der Waals surface area (Å²) in [5.41, 5.74) is 1.80. The number of benzene rings is 2. The predicted molar refractivity (Wildman–Crippen MR) is 99.2 cm³/mol. The van der Waals surface area contributed by atoms with Crippen LogP contribution in [0.5, 0.6) is 5.75 Å². The molecule has 0 aliphatic carbocycles. The molecule has 0 aliphatic heterocycles. The molecule has 2 N–H and O–H groups in total. The number of H-pyrrole nitrogens is 1. The minimum Gasteiger partial charge on any atom is -0.507 e. The third kappa shape index (κ3) is 3.57. The van der Waals surface area contributed by atoms with E-state index in [4.69, 9.17) is 4.74 Å². The Kier molecular flexibility index (Phi) is 4.77. The summed E-state index contributed by atoms with van der Waals surface area (Å²) in [6.07, 6.45) is -0.853. The van der Waals surface area contributed by atoms with Crippen molar-refractivity contribution in [3.8, 4) is 11.8 Å². The lowest BCUT2D eigenvalue weighted by Gasteiger charge is -2.15. The number of imidazole rings is 1. The van der Waals surface area contributed by atoms with Crippen LogP contribution in [-0.4, -0.2) is 26.1 Å². The molecule has 0 aliphatic rings. The van der Waals surface area contributed by atoms with E-state index in [1.165, 1.54) is 18.2 Å². The van der Waals surface area contributed by atoms with Gasteiger partial charge in [0.1, 0.15) is 17.4 Å². The van der Waals surface area contributed by atoms with Crippen molar-refractivity contribution in [2.45, 2.75) is 20.0 Å². The number of nitrogens with one attached hydrogen (secondary N) is 1. The number of aryl methyl sites for hydroxylation is 1. The molecule has 0 saturated heterocycles. The minimum absolute atomic E-state index is 0.0187. The molecule has 27 heavy (non-hydrogen) atoms. The number of aliphatic hydroxyl groups is 1. The van der Waals surface area contributed by atoms with Gasteiger partial charge in [0, 0.05) is 11.6 Å². The molecule has 0 amide bonds. The normalized spacial score (nSPS) is 12.9. The Morgan fingerprint density at radius 2 is 2.11 bits per heavy atom. The van der Waals surface area contributed by atoms with Crippen LogP contribution in [0.3, 0.4) is 0 Å². The zero-order chi connectivity index (χ0) is 19.6. The first-order chi connectivity index (χ1) is 12.9. The van der Waals surface area contributed by atoms with Gasteiger partial charge >= 0.3 is 0 Å². The zero-order valence-electron chi connectivity index (χ0n) is 14.6. The molecule has 1 heterocycles. The monoisotopic (exact) mass is 364 g/mol. The van der Waals surface area contributed by atoms with Crippen LogP contribution in [0, 0.1) is 28.4 Å². The molecule has 2 aromatic carbocycles. The van der Waals surface area contributed by atoms with E-state index < -0.39 is 11.0 Å². The van der Waals surface area contributed by atoms with Crippen LogP contribution in [0.4, 0.5) is 5.69 Å². The molecule has 1 atom stereocenters. The number of fused-ring (bicyclic) bond motifs is 1. The highest BCUT2D eigenvalue weighted by atomic mass is 16.6. The van der Waals surface area contributed by atoms with Gasteiger partial charge in [0.25, 0.3) is 5.69 Å². The second-order valence-corrected chi connectivity index (χ2v) is 5.94. The zero-order valence-corrected chi connectivity index (χ0v) is 14.6. The maximum Gasteiger partial charge on any atom is 0.272 e. The van der Waals surface area contributed by atoms with Crippen LogP contribution in [-0.2, 0) is 0 Å². The Labute approximate surface area is 154 Å². The first kappa shape index (κ1) is 17.9. The lowest BCUT2D eigenvalue weighted by atomic mass is 10.1. The van der Waals surface area contributed by atoms with Crippen molar-refractivity contribution in [1.29, 1.82) is 5.26 Å². The summed E-state index contributed by atoms with van der Waals surface area (Å²) in [7, 11) is 0. The van der Waals surface area contributed by atoms with Gasteiger partial charge in [-0.1, -0.05) is 12.1 Å². The number of nitro groups is 1. The maximum absolute atomic E-state index is 10.9. The van der Waals surface area contributed by atoms with Crippen LogP contribution in [0.1, 0.15) is 18.3 Å². The highest BCUT2D eigenvalue weighted by molar-refractivity contribution is 5.82. The molecule has 136 valence electrons. The Hall–Kier alpha value is -3.86. The predicted octanol–water partition coefficient (Wildman–Crippen LogP) is 4.04. The summed E-state index contributed by atoms with van der Waals surface area (Å²) in [5, 5.41) is 30.9. The van der Waals surface area contributed by atoms with Gasteiger partial charge in [-0.05, 0) is 38.1 Å². The van der Waals surface area contributed by atoms with E-state index in [1.807, 2.05) is 24.3 Å². The molecule has 0 spiro atoms. The maximum atomic E-state index is 10.9. The molecule has 3 aromatic rings. The number of nitrogens with zero attached hydrogens (tertiary/aromatic N) is 3.